The van der Waals surface area contributed by atoms with E-state index >= 15 is 0 Å². The number of carbonyl (C=O) groups is 1. The van der Waals surface area contributed by atoms with E-state index in [4.69, 9.17) is 5.10 Å². The Morgan fingerprint density at radius 2 is 1.83 bits per heavy atom. The summed E-state index contributed by atoms with van der Waals surface area (Å²) in [5.41, 5.74) is 5.28. The average Bonchev–Trinajstić information content (AvgIpc) is 3.15. The van der Waals surface area contributed by atoms with Crippen LogP contribution in [-0.2, 0) is 6.42 Å². The molecule has 1 aliphatic heterocycles. The van der Waals surface area contributed by atoms with Gasteiger partial charge in [0.1, 0.15) is 0 Å². The van der Waals surface area contributed by atoms with Gasteiger partial charge in [0.15, 0.2) is 0 Å². The summed E-state index contributed by atoms with van der Waals surface area (Å²) < 4.78 is 2.01. The SMILES string of the molecule is CCc1c(C(=O)N2CCCC2)c(C2CC2)nn1-c1ccc(C)cc1. The van der Waals surface area contributed by atoms with Gasteiger partial charge in [-0.15, -0.1) is 0 Å². The van der Waals surface area contributed by atoms with Crippen LogP contribution in [0.3, 0.4) is 0 Å². The third kappa shape index (κ3) is 2.64. The number of likely N-dealkylation sites (tertiary alicyclic amines) is 1. The molecule has 4 rings (SSSR count). The minimum atomic E-state index is 0.199. The molecule has 0 bridgehead atoms. The Hall–Kier alpha value is -2.10. The molecule has 0 unspecified atom stereocenters. The highest BCUT2D eigenvalue weighted by atomic mass is 16.2. The molecule has 24 heavy (non-hydrogen) atoms. The molecule has 1 saturated carbocycles. The van der Waals surface area contributed by atoms with E-state index in [1.54, 1.807) is 0 Å². The first-order valence-electron chi connectivity index (χ1n) is 9.17. The minimum absolute atomic E-state index is 0.199. The second kappa shape index (κ2) is 6.08. The first-order chi connectivity index (χ1) is 11.7. The average molecular weight is 323 g/mol. The van der Waals surface area contributed by atoms with E-state index in [0.29, 0.717) is 5.92 Å². The number of rotatable bonds is 4. The van der Waals surface area contributed by atoms with Gasteiger partial charge in [0.2, 0.25) is 0 Å². The van der Waals surface area contributed by atoms with Gasteiger partial charge in [-0.2, -0.15) is 5.10 Å². The minimum Gasteiger partial charge on any atom is -0.339 e. The molecule has 126 valence electrons. The van der Waals surface area contributed by atoms with Crippen LogP contribution in [0.1, 0.15) is 65.8 Å². The molecule has 0 radical (unpaired) electrons. The third-order valence-electron chi connectivity index (χ3n) is 5.19. The number of amides is 1. The molecule has 1 saturated heterocycles. The second-order valence-electron chi connectivity index (χ2n) is 7.08. The summed E-state index contributed by atoms with van der Waals surface area (Å²) in [6.07, 6.45) is 5.39. The summed E-state index contributed by atoms with van der Waals surface area (Å²) in [6.45, 7) is 5.99. The van der Waals surface area contributed by atoms with Gasteiger partial charge >= 0.3 is 0 Å². The number of hydrogen-bond donors (Lipinski definition) is 0. The normalized spacial score (nSPS) is 17.5. The lowest BCUT2D eigenvalue weighted by molar-refractivity contribution is 0.0790. The Morgan fingerprint density at radius 1 is 1.17 bits per heavy atom. The highest BCUT2D eigenvalue weighted by Crippen LogP contribution is 2.42. The highest BCUT2D eigenvalue weighted by Gasteiger charge is 2.36. The van der Waals surface area contributed by atoms with Crippen molar-refractivity contribution >= 4 is 5.91 Å². The van der Waals surface area contributed by atoms with Gasteiger partial charge in [-0.3, -0.25) is 4.79 Å². The summed E-state index contributed by atoms with van der Waals surface area (Å²) in [5.74, 6) is 0.674. The number of hydrogen-bond acceptors (Lipinski definition) is 2. The van der Waals surface area contributed by atoms with Gasteiger partial charge in [-0.1, -0.05) is 24.6 Å². The van der Waals surface area contributed by atoms with E-state index in [1.807, 2.05) is 9.58 Å². The lowest BCUT2D eigenvalue weighted by Gasteiger charge is -2.16. The quantitative estimate of drug-likeness (QED) is 0.857. The lowest BCUT2D eigenvalue weighted by atomic mass is 10.1. The summed E-state index contributed by atoms with van der Waals surface area (Å²) >= 11 is 0. The van der Waals surface area contributed by atoms with E-state index < -0.39 is 0 Å². The van der Waals surface area contributed by atoms with Gasteiger partial charge in [0, 0.05) is 19.0 Å². The zero-order valence-corrected chi connectivity index (χ0v) is 14.6. The van der Waals surface area contributed by atoms with Crippen LogP contribution >= 0.6 is 0 Å². The lowest BCUT2D eigenvalue weighted by Crippen LogP contribution is -2.29. The number of carbonyl (C=O) groups excluding carboxylic acids is 1. The van der Waals surface area contributed by atoms with Gasteiger partial charge in [-0.05, 0) is 51.2 Å². The van der Waals surface area contributed by atoms with Crippen molar-refractivity contribution in [1.29, 1.82) is 0 Å². The molecular weight excluding hydrogens is 298 g/mol. The van der Waals surface area contributed by atoms with Crippen molar-refractivity contribution in [2.75, 3.05) is 13.1 Å². The zero-order valence-electron chi connectivity index (χ0n) is 14.6. The van der Waals surface area contributed by atoms with E-state index in [1.165, 1.54) is 5.56 Å². The first-order valence-corrected chi connectivity index (χ1v) is 9.17. The Labute approximate surface area is 143 Å². The van der Waals surface area contributed by atoms with Crippen molar-refractivity contribution in [3.05, 3.63) is 46.8 Å². The van der Waals surface area contributed by atoms with Crippen LogP contribution in [0, 0.1) is 6.92 Å². The molecule has 2 aliphatic rings. The van der Waals surface area contributed by atoms with Crippen LogP contribution in [0.15, 0.2) is 24.3 Å². The van der Waals surface area contributed by atoms with Crippen molar-refractivity contribution in [1.82, 2.24) is 14.7 Å². The van der Waals surface area contributed by atoms with Gasteiger partial charge < -0.3 is 4.90 Å². The first kappa shape index (κ1) is 15.4. The molecule has 1 aromatic heterocycles. The topological polar surface area (TPSA) is 38.1 Å². The molecule has 1 aromatic carbocycles. The number of benzene rings is 1. The Bertz CT molecular complexity index is 750. The molecule has 4 nitrogen and oxygen atoms in total. The van der Waals surface area contributed by atoms with Crippen LogP contribution in [0.5, 0.6) is 0 Å². The Kier molecular flexibility index (Phi) is 3.91. The molecule has 2 heterocycles. The fourth-order valence-electron chi connectivity index (χ4n) is 3.65. The fourth-order valence-corrected chi connectivity index (χ4v) is 3.65. The molecular formula is C20H25N3O. The third-order valence-corrected chi connectivity index (χ3v) is 5.19. The van der Waals surface area contributed by atoms with Crippen molar-refractivity contribution in [2.45, 2.75) is 51.9 Å². The standard InChI is InChI=1S/C20H25N3O/c1-3-17-18(20(24)22-12-4-5-13-22)19(15-8-9-15)21-23(17)16-10-6-14(2)7-11-16/h6-7,10-11,15H,3-5,8-9,12-13H2,1-2H3. The maximum Gasteiger partial charge on any atom is 0.257 e. The van der Waals surface area contributed by atoms with Crippen molar-refractivity contribution in [2.24, 2.45) is 0 Å². The molecule has 0 N–H and O–H groups in total. The predicted molar refractivity (Wildman–Crippen MR) is 94.8 cm³/mol. The Balaban J connectivity index is 1.82. The molecule has 0 spiro atoms. The van der Waals surface area contributed by atoms with Crippen LogP contribution in [0.25, 0.3) is 5.69 Å². The molecule has 0 atom stereocenters. The predicted octanol–water partition coefficient (Wildman–Crippen LogP) is 3.86. The maximum absolute atomic E-state index is 13.2. The molecule has 2 aromatic rings. The van der Waals surface area contributed by atoms with E-state index in [9.17, 15) is 4.79 Å². The zero-order chi connectivity index (χ0) is 16.7. The fraction of sp³-hybridized carbons (Fsp3) is 0.500. The molecule has 1 aliphatic carbocycles. The molecule has 4 heteroatoms. The van der Waals surface area contributed by atoms with E-state index in [2.05, 4.69) is 38.1 Å². The van der Waals surface area contributed by atoms with Gasteiger partial charge in [0.25, 0.3) is 5.91 Å². The number of aromatic nitrogens is 2. The monoisotopic (exact) mass is 323 g/mol. The Morgan fingerprint density at radius 3 is 2.42 bits per heavy atom. The smallest absolute Gasteiger partial charge is 0.257 e. The highest BCUT2D eigenvalue weighted by molar-refractivity contribution is 5.97. The van der Waals surface area contributed by atoms with E-state index in [-0.39, 0.29) is 5.91 Å². The van der Waals surface area contributed by atoms with Gasteiger partial charge in [-0.25, -0.2) is 4.68 Å². The molecule has 2 fully saturated rings. The van der Waals surface area contributed by atoms with Crippen LogP contribution in [-0.4, -0.2) is 33.7 Å². The number of nitrogens with zero attached hydrogens (tertiary/aromatic N) is 3. The molecule has 1 amide bonds. The summed E-state index contributed by atoms with van der Waals surface area (Å²) in [5, 5.41) is 4.90. The van der Waals surface area contributed by atoms with Crippen molar-refractivity contribution in [3.63, 3.8) is 0 Å². The van der Waals surface area contributed by atoms with E-state index in [0.717, 1.165) is 67.8 Å². The summed E-state index contributed by atoms with van der Waals surface area (Å²) in [6, 6.07) is 8.41. The van der Waals surface area contributed by atoms with Crippen molar-refractivity contribution < 1.29 is 4.79 Å². The van der Waals surface area contributed by atoms with Crippen LogP contribution < -0.4 is 0 Å². The largest absolute Gasteiger partial charge is 0.339 e. The second-order valence-corrected chi connectivity index (χ2v) is 7.08. The summed E-state index contributed by atoms with van der Waals surface area (Å²) in [4.78, 5) is 15.2. The maximum atomic E-state index is 13.2. The van der Waals surface area contributed by atoms with Crippen LogP contribution in [0.4, 0.5) is 0 Å². The van der Waals surface area contributed by atoms with Gasteiger partial charge in [0.05, 0.1) is 22.6 Å². The summed E-state index contributed by atoms with van der Waals surface area (Å²) in [7, 11) is 0. The van der Waals surface area contributed by atoms with Crippen molar-refractivity contribution in [3.8, 4) is 5.69 Å². The van der Waals surface area contributed by atoms with Crippen LogP contribution in [0.2, 0.25) is 0 Å². The number of aryl methyl sites for hydroxylation is 1.